The Morgan fingerprint density at radius 1 is 0.381 bits per heavy atom. The van der Waals surface area contributed by atoms with Crippen molar-refractivity contribution in [3.8, 4) is 11.1 Å². The Kier molecular flexibility index (Phi) is 4.15. The van der Waals surface area contributed by atoms with E-state index in [1.807, 2.05) is 12.1 Å². The first-order valence-corrected chi connectivity index (χ1v) is 14.3. The Morgan fingerprint density at radius 3 is 1.69 bits per heavy atom. The van der Waals surface area contributed by atoms with E-state index in [1.165, 1.54) is 43.7 Å². The third-order valence-electron chi connectivity index (χ3n) is 8.83. The van der Waals surface area contributed by atoms with Crippen molar-refractivity contribution in [2.24, 2.45) is 0 Å². The molecule has 0 bridgehead atoms. The maximum Gasteiger partial charge on any atom is 0.165 e. The number of rotatable bonds is 1. The zero-order valence-corrected chi connectivity index (χ0v) is 22.5. The second-order valence-corrected chi connectivity index (χ2v) is 11.0. The van der Waals surface area contributed by atoms with Gasteiger partial charge < -0.3 is 4.40 Å². The van der Waals surface area contributed by atoms with Gasteiger partial charge in [-0.1, -0.05) is 97.1 Å². The van der Waals surface area contributed by atoms with Gasteiger partial charge in [-0.2, -0.15) is 0 Å². The molecule has 0 aliphatic carbocycles. The average molecular weight is 535 g/mol. The van der Waals surface area contributed by atoms with E-state index in [4.69, 9.17) is 9.97 Å². The highest BCUT2D eigenvalue weighted by Crippen LogP contribution is 2.41. The van der Waals surface area contributed by atoms with Crippen molar-refractivity contribution in [2.75, 3.05) is 0 Å². The van der Waals surface area contributed by atoms with E-state index in [0.717, 1.165) is 44.1 Å². The van der Waals surface area contributed by atoms with Crippen molar-refractivity contribution in [2.45, 2.75) is 0 Å². The maximum absolute atomic E-state index is 5.35. The van der Waals surface area contributed by atoms with Crippen LogP contribution in [-0.4, -0.2) is 18.8 Å². The summed E-state index contributed by atoms with van der Waals surface area (Å²) in [5, 5.41) is 5.95. The number of benzene rings is 6. The summed E-state index contributed by atoms with van der Waals surface area (Å²) in [7, 11) is 0. The van der Waals surface area contributed by atoms with Gasteiger partial charge in [0.2, 0.25) is 0 Å². The van der Waals surface area contributed by atoms with Crippen LogP contribution in [0.25, 0.3) is 87.8 Å². The Bertz CT molecular complexity index is 2730. The first-order valence-electron chi connectivity index (χ1n) is 14.3. The summed E-state index contributed by atoms with van der Waals surface area (Å²) in [5.41, 5.74) is 11.6. The van der Waals surface area contributed by atoms with Crippen LogP contribution in [0.4, 0.5) is 0 Å². The Morgan fingerprint density at radius 2 is 0.952 bits per heavy atom. The molecule has 4 heteroatoms. The second kappa shape index (κ2) is 7.93. The third-order valence-corrected chi connectivity index (χ3v) is 8.83. The normalized spacial score (nSPS) is 12.3. The summed E-state index contributed by atoms with van der Waals surface area (Å²) in [6.45, 7) is 0. The van der Waals surface area contributed by atoms with E-state index in [9.17, 15) is 0 Å². The van der Waals surface area contributed by atoms with E-state index >= 15 is 0 Å². The first kappa shape index (κ1) is 22.0. The molecule has 4 heterocycles. The number of para-hydroxylation sites is 4. The van der Waals surface area contributed by atoms with Gasteiger partial charge in [-0.25, -0.2) is 9.97 Å². The largest absolute Gasteiger partial charge is 0.306 e. The smallest absolute Gasteiger partial charge is 0.165 e. The SMILES string of the molecule is c1ccc(-c2ccc3c4nc5ccccc5nc4n4c5ccccc5c5ccc6c7ccccc7n(c3c2)c6c54)cc1. The van der Waals surface area contributed by atoms with E-state index < -0.39 is 0 Å². The van der Waals surface area contributed by atoms with Gasteiger partial charge in [0.1, 0.15) is 5.52 Å². The molecule has 0 spiro atoms. The summed E-state index contributed by atoms with van der Waals surface area (Å²) >= 11 is 0. The predicted octanol–water partition coefficient (Wildman–Crippen LogP) is 9.57. The molecule has 0 radical (unpaired) electrons. The predicted molar refractivity (Wildman–Crippen MR) is 174 cm³/mol. The minimum absolute atomic E-state index is 0.859. The average Bonchev–Trinajstić information content (AvgIpc) is 3.57. The van der Waals surface area contributed by atoms with Crippen LogP contribution in [0.15, 0.2) is 133 Å². The summed E-state index contributed by atoms with van der Waals surface area (Å²) in [4.78, 5) is 10.7. The molecule has 0 unspecified atom stereocenters. The molecule has 42 heavy (non-hydrogen) atoms. The van der Waals surface area contributed by atoms with Crippen molar-refractivity contribution in [3.63, 3.8) is 0 Å². The second-order valence-electron chi connectivity index (χ2n) is 11.0. The van der Waals surface area contributed by atoms with E-state index in [2.05, 4.69) is 130 Å². The lowest BCUT2D eigenvalue weighted by Gasteiger charge is -2.12. The minimum atomic E-state index is 0.859. The molecule has 194 valence electrons. The highest BCUT2D eigenvalue weighted by Gasteiger charge is 2.21. The molecule has 10 aromatic rings. The van der Waals surface area contributed by atoms with Crippen LogP contribution >= 0.6 is 0 Å². The number of hydrogen-bond acceptors (Lipinski definition) is 2. The molecule has 0 N–H and O–H groups in total. The van der Waals surface area contributed by atoms with Crippen LogP contribution in [0.3, 0.4) is 0 Å². The summed E-state index contributed by atoms with van der Waals surface area (Å²) in [6.07, 6.45) is 0. The molecule has 0 fully saturated rings. The summed E-state index contributed by atoms with van der Waals surface area (Å²) in [5.74, 6) is 0. The quantitative estimate of drug-likeness (QED) is 0.210. The van der Waals surface area contributed by atoms with Crippen molar-refractivity contribution >= 4 is 76.7 Å². The monoisotopic (exact) mass is 534 g/mol. The van der Waals surface area contributed by atoms with Crippen LogP contribution in [0.2, 0.25) is 0 Å². The van der Waals surface area contributed by atoms with Gasteiger partial charge in [0, 0.05) is 26.9 Å². The van der Waals surface area contributed by atoms with Gasteiger partial charge in [-0.05, 0) is 47.5 Å². The van der Waals surface area contributed by atoms with Crippen LogP contribution in [0, 0.1) is 0 Å². The third kappa shape index (κ3) is 2.76. The number of nitrogens with zero attached hydrogens (tertiary/aromatic N) is 4. The molecule has 0 aliphatic heterocycles. The van der Waals surface area contributed by atoms with Crippen LogP contribution < -0.4 is 0 Å². The van der Waals surface area contributed by atoms with E-state index in [1.54, 1.807) is 0 Å². The van der Waals surface area contributed by atoms with Crippen LogP contribution in [0.5, 0.6) is 0 Å². The van der Waals surface area contributed by atoms with Gasteiger partial charge >= 0.3 is 0 Å². The van der Waals surface area contributed by atoms with Gasteiger partial charge in [0.25, 0.3) is 0 Å². The Balaban J connectivity index is 1.62. The van der Waals surface area contributed by atoms with Gasteiger partial charge in [0.15, 0.2) is 5.65 Å². The van der Waals surface area contributed by atoms with Crippen LogP contribution in [0.1, 0.15) is 0 Å². The lowest BCUT2D eigenvalue weighted by atomic mass is 10.0. The molecule has 0 atom stereocenters. The zero-order valence-electron chi connectivity index (χ0n) is 22.5. The van der Waals surface area contributed by atoms with Gasteiger partial charge in [-0.15, -0.1) is 0 Å². The Hall–Kier alpha value is -5.74. The van der Waals surface area contributed by atoms with Gasteiger partial charge in [-0.3, -0.25) is 4.40 Å². The lowest BCUT2D eigenvalue weighted by molar-refractivity contribution is 1.24. The fourth-order valence-electron chi connectivity index (χ4n) is 7.03. The first-order chi connectivity index (χ1) is 20.8. The maximum atomic E-state index is 5.35. The molecule has 0 saturated carbocycles. The molecule has 0 amide bonds. The van der Waals surface area contributed by atoms with Crippen molar-refractivity contribution in [3.05, 3.63) is 133 Å². The van der Waals surface area contributed by atoms with Crippen molar-refractivity contribution in [1.82, 2.24) is 18.8 Å². The number of fused-ring (bicyclic) bond motifs is 12. The molecule has 4 aromatic heterocycles. The van der Waals surface area contributed by atoms with Gasteiger partial charge in [0.05, 0.1) is 38.6 Å². The lowest BCUT2D eigenvalue weighted by Crippen LogP contribution is -1.98. The molecule has 6 aromatic carbocycles. The fraction of sp³-hybridized carbons (Fsp3) is 0. The molecular weight excluding hydrogens is 512 g/mol. The summed E-state index contributed by atoms with van der Waals surface area (Å²) in [6, 6.07) is 47.6. The Labute approximate surface area is 239 Å². The number of hydrogen-bond donors (Lipinski definition) is 0. The van der Waals surface area contributed by atoms with Crippen LogP contribution in [-0.2, 0) is 0 Å². The molecule has 4 nitrogen and oxygen atoms in total. The molecule has 0 aliphatic rings. The molecule has 10 rings (SSSR count). The van der Waals surface area contributed by atoms with Crippen molar-refractivity contribution < 1.29 is 0 Å². The summed E-state index contributed by atoms with van der Waals surface area (Å²) < 4.78 is 4.81. The zero-order chi connectivity index (χ0) is 27.4. The highest BCUT2D eigenvalue weighted by atomic mass is 15.0. The molecular formula is C38H22N4. The minimum Gasteiger partial charge on any atom is -0.306 e. The highest BCUT2D eigenvalue weighted by molar-refractivity contribution is 6.25. The standard InChI is InChI=1S/C38H22N4/c1-2-10-23(11-3-1)24-18-19-29-34(22-24)41-32-16-8-4-12-25(32)27-20-21-28-26-13-5-9-17-33(26)42(37(28)36(27)41)38-35(29)39-30-14-6-7-15-31(30)40-38/h1-22H. The van der Waals surface area contributed by atoms with E-state index in [-0.39, 0.29) is 0 Å². The topological polar surface area (TPSA) is 34.6 Å². The van der Waals surface area contributed by atoms with E-state index in [0.29, 0.717) is 0 Å². The fourth-order valence-corrected chi connectivity index (χ4v) is 7.03. The van der Waals surface area contributed by atoms with Crippen molar-refractivity contribution in [1.29, 1.82) is 0 Å². The molecule has 0 saturated heterocycles. The number of aromatic nitrogens is 4.